The molecule has 1 aromatic rings. The second-order valence-corrected chi connectivity index (χ2v) is 6.23. The molecule has 1 aliphatic heterocycles. The Morgan fingerprint density at radius 2 is 1.79 bits per heavy atom. The molecule has 2 rings (SSSR count). The maximum atomic E-state index is 6.04. The lowest BCUT2D eigenvalue weighted by Crippen LogP contribution is -2.25. The third-order valence-corrected chi connectivity index (χ3v) is 3.79. The molecule has 1 heterocycles. The van der Waals surface area contributed by atoms with Crippen LogP contribution in [0.25, 0.3) is 0 Å². The van der Waals surface area contributed by atoms with Gasteiger partial charge in [-0.15, -0.1) is 0 Å². The quantitative estimate of drug-likeness (QED) is 0.823. The predicted octanol–water partition coefficient (Wildman–Crippen LogP) is 3.13. The third kappa shape index (κ3) is 3.25. The Balaban J connectivity index is 2.08. The summed E-state index contributed by atoms with van der Waals surface area (Å²) in [5, 5.41) is 3.41. The number of anilines is 2. The first-order valence-electron chi connectivity index (χ1n) is 6.81. The van der Waals surface area contributed by atoms with E-state index in [1.807, 2.05) is 12.1 Å². The molecule has 1 aromatic carbocycles. The molecule has 0 amide bonds. The summed E-state index contributed by atoms with van der Waals surface area (Å²) in [5.74, 6) is 2.05. The van der Waals surface area contributed by atoms with Gasteiger partial charge in [-0.05, 0) is 11.3 Å². The number of nitrogen functional groups attached to an aromatic ring is 1. The highest BCUT2D eigenvalue weighted by molar-refractivity contribution is 5.72. The SMILES string of the molecule is CC(CNc1cc2c(cc1N)OCCO2)C(C)(C)C. The molecular weight excluding hydrogens is 240 g/mol. The van der Waals surface area contributed by atoms with Gasteiger partial charge in [-0.3, -0.25) is 0 Å². The number of hydrogen-bond donors (Lipinski definition) is 2. The van der Waals surface area contributed by atoms with Crippen LogP contribution in [-0.4, -0.2) is 19.8 Å². The fourth-order valence-corrected chi connectivity index (χ4v) is 1.83. The fourth-order valence-electron chi connectivity index (χ4n) is 1.83. The summed E-state index contributed by atoms with van der Waals surface area (Å²) in [6.45, 7) is 11.0. The van der Waals surface area contributed by atoms with Gasteiger partial charge < -0.3 is 20.5 Å². The number of benzene rings is 1. The molecule has 0 saturated heterocycles. The van der Waals surface area contributed by atoms with Crippen molar-refractivity contribution in [2.75, 3.05) is 30.8 Å². The van der Waals surface area contributed by atoms with Crippen LogP contribution in [0.3, 0.4) is 0 Å². The molecule has 1 unspecified atom stereocenters. The number of hydrogen-bond acceptors (Lipinski definition) is 4. The minimum Gasteiger partial charge on any atom is -0.486 e. The zero-order chi connectivity index (χ0) is 14.0. The molecule has 19 heavy (non-hydrogen) atoms. The van der Waals surface area contributed by atoms with Gasteiger partial charge in [0.2, 0.25) is 0 Å². The normalized spacial score (nSPS) is 16.0. The van der Waals surface area contributed by atoms with Crippen molar-refractivity contribution in [2.45, 2.75) is 27.7 Å². The van der Waals surface area contributed by atoms with Crippen LogP contribution in [0.1, 0.15) is 27.7 Å². The second-order valence-electron chi connectivity index (χ2n) is 6.23. The Morgan fingerprint density at radius 1 is 1.21 bits per heavy atom. The summed E-state index contributed by atoms with van der Waals surface area (Å²) in [4.78, 5) is 0. The van der Waals surface area contributed by atoms with Crippen LogP contribution in [0.4, 0.5) is 11.4 Å². The van der Waals surface area contributed by atoms with Crippen LogP contribution in [-0.2, 0) is 0 Å². The Labute approximate surface area is 115 Å². The van der Waals surface area contributed by atoms with E-state index in [1.165, 1.54) is 0 Å². The van der Waals surface area contributed by atoms with Crippen LogP contribution in [0.15, 0.2) is 12.1 Å². The second kappa shape index (κ2) is 5.19. The minimum absolute atomic E-state index is 0.273. The molecule has 0 radical (unpaired) electrons. The lowest BCUT2D eigenvalue weighted by molar-refractivity contribution is 0.172. The van der Waals surface area contributed by atoms with E-state index >= 15 is 0 Å². The average Bonchev–Trinajstić information content (AvgIpc) is 2.34. The molecule has 0 aliphatic carbocycles. The molecule has 4 heteroatoms. The molecule has 0 saturated carbocycles. The van der Waals surface area contributed by atoms with E-state index < -0.39 is 0 Å². The molecule has 4 nitrogen and oxygen atoms in total. The zero-order valence-electron chi connectivity index (χ0n) is 12.2. The first-order valence-corrected chi connectivity index (χ1v) is 6.81. The van der Waals surface area contributed by atoms with Crippen LogP contribution in [0, 0.1) is 11.3 Å². The third-order valence-electron chi connectivity index (χ3n) is 3.79. The van der Waals surface area contributed by atoms with Gasteiger partial charge in [-0.1, -0.05) is 27.7 Å². The monoisotopic (exact) mass is 264 g/mol. The molecule has 106 valence electrons. The highest BCUT2D eigenvalue weighted by atomic mass is 16.6. The van der Waals surface area contributed by atoms with Crippen molar-refractivity contribution in [2.24, 2.45) is 11.3 Å². The minimum atomic E-state index is 0.273. The number of nitrogens with two attached hydrogens (primary N) is 1. The van der Waals surface area contributed by atoms with Gasteiger partial charge in [0.25, 0.3) is 0 Å². The summed E-state index contributed by atoms with van der Waals surface area (Å²) >= 11 is 0. The highest BCUT2D eigenvalue weighted by Crippen LogP contribution is 2.37. The zero-order valence-corrected chi connectivity index (χ0v) is 12.2. The molecule has 0 aromatic heterocycles. The maximum absolute atomic E-state index is 6.04. The van der Waals surface area contributed by atoms with Gasteiger partial charge in [0.05, 0.1) is 11.4 Å². The van der Waals surface area contributed by atoms with Crippen molar-refractivity contribution < 1.29 is 9.47 Å². The fraction of sp³-hybridized carbons (Fsp3) is 0.600. The standard InChI is InChI=1S/C15H24N2O2/c1-10(15(2,3)4)9-17-12-8-14-13(7-11(12)16)18-5-6-19-14/h7-8,10,17H,5-6,9,16H2,1-4H3. The van der Waals surface area contributed by atoms with Crippen molar-refractivity contribution in [3.63, 3.8) is 0 Å². The van der Waals surface area contributed by atoms with E-state index in [1.54, 1.807) is 0 Å². The van der Waals surface area contributed by atoms with E-state index in [0.29, 0.717) is 24.8 Å². The Kier molecular flexibility index (Phi) is 3.78. The van der Waals surface area contributed by atoms with Crippen LogP contribution >= 0.6 is 0 Å². The topological polar surface area (TPSA) is 56.5 Å². The number of ether oxygens (including phenoxy) is 2. The van der Waals surface area contributed by atoms with Crippen LogP contribution in [0.5, 0.6) is 11.5 Å². The molecule has 0 spiro atoms. The smallest absolute Gasteiger partial charge is 0.163 e. The Morgan fingerprint density at radius 3 is 2.37 bits per heavy atom. The molecule has 0 bridgehead atoms. The van der Waals surface area contributed by atoms with Gasteiger partial charge in [-0.25, -0.2) is 0 Å². The van der Waals surface area contributed by atoms with E-state index in [0.717, 1.165) is 23.7 Å². The lowest BCUT2D eigenvalue weighted by Gasteiger charge is -2.28. The Hall–Kier alpha value is -1.58. The van der Waals surface area contributed by atoms with Crippen LogP contribution < -0.4 is 20.5 Å². The van der Waals surface area contributed by atoms with Crippen molar-refractivity contribution in [3.05, 3.63) is 12.1 Å². The summed E-state index contributed by atoms with van der Waals surface area (Å²) in [6, 6.07) is 3.76. The van der Waals surface area contributed by atoms with Gasteiger partial charge >= 0.3 is 0 Å². The molecule has 3 N–H and O–H groups in total. The van der Waals surface area contributed by atoms with Crippen molar-refractivity contribution >= 4 is 11.4 Å². The largest absolute Gasteiger partial charge is 0.486 e. The molecule has 0 fully saturated rings. The maximum Gasteiger partial charge on any atom is 0.163 e. The van der Waals surface area contributed by atoms with Gasteiger partial charge in [0.1, 0.15) is 13.2 Å². The van der Waals surface area contributed by atoms with E-state index in [4.69, 9.17) is 15.2 Å². The molecule has 1 aliphatic rings. The Bertz CT molecular complexity index is 452. The van der Waals surface area contributed by atoms with Crippen molar-refractivity contribution in [1.29, 1.82) is 0 Å². The summed E-state index contributed by atoms with van der Waals surface area (Å²) < 4.78 is 11.1. The van der Waals surface area contributed by atoms with Gasteiger partial charge in [0.15, 0.2) is 11.5 Å². The summed E-state index contributed by atoms with van der Waals surface area (Å²) in [7, 11) is 0. The first kappa shape index (κ1) is 13.8. The molecular formula is C15H24N2O2. The predicted molar refractivity (Wildman–Crippen MR) is 79.0 cm³/mol. The van der Waals surface area contributed by atoms with E-state index in [-0.39, 0.29) is 5.41 Å². The first-order chi connectivity index (χ1) is 8.88. The van der Waals surface area contributed by atoms with E-state index in [2.05, 4.69) is 33.0 Å². The number of fused-ring (bicyclic) bond motifs is 1. The highest BCUT2D eigenvalue weighted by Gasteiger charge is 2.20. The number of nitrogens with one attached hydrogen (secondary N) is 1. The number of rotatable bonds is 3. The van der Waals surface area contributed by atoms with Crippen molar-refractivity contribution in [3.8, 4) is 11.5 Å². The van der Waals surface area contributed by atoms with Crippen molar-refractivity contribution in [1.82, 2.24) is 0 Å². The van der Waals surface area contributed by atoms with E-state index in [9.17, 15) is 0 Å². The van der Waals surface area contributed by atoms with Gasteiger partial charge in [-0.2, -0.15) is 0 Å². The van der Waals surface area contributed by atoms with Gasteiger partial charge in [0, 0.05) is 18.7 Å². The summed E-state index contributed by atoms with van der Waals surface area (Å²) in [5.41, 5.74) is 7.93. The molecule has 1 atom stereocenters. The lowest BCUT2D eigenvalue weighted by atomic mass is 9.82. The van der Waals surface area contributed by atoms with Crippen LogP contribution in [0.2, 0.25) is 0 Å². The average molecular weight is 264 g/mol. The summed E-state index contributed by atoms with van der Waals surface area (Å²) in [6.07, 6.45) is 0.